The van der Waals surface area contributed by atoms with Gasteiger partial charge in [-0.05, 0) is 44.4 Å². The van der Waals surface area contributed by atoms with Crippen LogP contribution in [-0.4, -0.2) is 26.1 Å². The van der Waals surface area contributed by atoms with Gasteiger partial charge in [0.1, 0.15) is 11.5 Å². The van der Waals surface area contributed by atoms with Crippen molar-refractivity contribution in [3.8, 4) is 5.75 Å². The largest absolute Gasteiger partial charge is 0.496 e. The number of methoxy groups -OCH3 is 1. The molecule has 1 aromatic carbocycles. The number of hydrogen-bond acceptors (Lipinski definition) is 3. The molecule has 104 valence electrons. The van der Waals surface area contributed by atoms with Crippen molar-refractivity contribution in [1.29, 1.82) is 0 Å². The summed E-state index contributed by atoms with van der Waals surface area (Å²) in [6, 6.07) is 2.17. The van der Waals surface area contributed by atoms with Gasteiger partial charge in [-0.3, -0.25) is 4.79 Å². The smallest absolute Gasteiger partial charge is 0.130 e. The lowest BCUT2D eigenvalue weighted by atomic mass is 9.71. The van der Waals surface area contributed by atoms with Crippen molar-refractivity contribution in [2.24, 2.45) is 0 Å². The number of carbonyl (C=O) groups excluding carboxylic acids is 1. The molecule has 0 unspecified atom stereocenters. The third-order valence-electron chi connectivity index (χ3n) is 4.07. The van der Waals surface area contributed by atoms with E-state index in [4.69, 9.17) is 9.47 Å². The molecule has 0 saturated carbocycles. The number of ketones is 1. The van der Waals surface area contributed by atoms with Crippen molar-refractivity contribution >= 4 is 5.78 Å². The molecule has 0 radical (unpaired) electrons. The molecule has 19 heavy (non-hydrogen) atoms. The van der Waals surface area contributed by atoms with Gasteiger partial charge in [0.25, 0.3) is 0 Å². The van der Waals surface area contributed by atoms with Crippen LogP contribution in [0, 0.1) is 20.8 Å². The topological polar surface area (TPSA) is 35.5 Å². The normalized spacial score (nSPS) is 16.9. The number of Topliss-reactive ketones (excluding diaryl/α,β-unsaturated/α-hetero) is 1. The lowest BCUT2D eigenvalue weighted by Crippen LogP contribution is -2.48. The summed E-state index contributed by atoms with van der Waals surface area (Å²) in [4.78, 5) is 11.6. The highest BCUT2D eigenvalue weighted by Crippen LogP contribution is 2.44. The number of benzene rings is 1. The molecule has 0 bridgehead atoms. The predicted molar refractivity (Wildman–Crippen MR) is 75.0 cm³/mol. The summed E-state index contributed by atoms with van der Waals surface area (Å²) < 4.78 is 11.0. The maximum atomic E-state index is 11.6. The third-order valence-corrected chi connectivity index (χ3v) is 4.07. The second kappa shape index (κ2) is 4.97. The first-order valence-electron chi connectivity index (χ1n) is 6.64. The average molecular weight is 262 g/mol. The van der Waals surface area contributed by atoms with E-state index in [2.05, 4.69) is 26.8 Å². The fourth-order valence-corrected chi connectivity index (χ4v) is 3.12. The minimum Gasteiger partial charge on any atom is -0.496 e. The van der Waals surface area contributed by atoms with Gasteiger partial charge in [-0.2, -0.15) is 0 Å². The molecular weight excluding hydrogens is 240 g/mol. The number of rotatable bonds is 4. The Morgan fingerprint density at radius 1 is 1.32 bits per heavy atom. The van der Waals surface area contributed by atoms with Crippen LogP contribution in [0.25, 0.3) is 0 Å². The fraction of sp³-hybridized carbons (Fsp3) is 0.562. The van der Waals surface area contributed by atoms with Crippen molar-refractivity contribution in [3.05, 3.63) is 28.3 Å². The van der Waals surface area contributed by atoms with E-state index in [9.17, 15) is 4.79 Å². The third kappa shape index (κ3) is 2.27. The average Bonchev–Trinajstić information content (AvgIpc) is 2.28. The van der Waals surface area contributed by atoms with Gasteiger partial charge in [0.2, 0.25) is 0 Å². The van der Waals surface area contributed by atoms with E-state index in [0.717, 1.165) is 16.9 Å². The first-order valence-corrected chi connectivity index (χ1v) is 6.64. The zero-order valence-corrected chi connectivity index (χ0v) is 12.4. The summed E-state index contributed by atoms with van der Waals surface area (Å²) in [5.74, 6) is 1.12. The molecular formula is C16H22O3. The van der Waals surface area contributed by atoms with Gasteiger partial charge < -0.3 is 9.47 Å². The van der Waals surface area contributed by atoms with Crippen LogP contribution in [0.1, 0.15) is 35.6 Å². The Morgan fingerprint density at radius 3 is 2.37 bits per heavy atom. The lowest BCUT2D eigenvalue weighted by molar-refractivity contribution is -0.125. The van der Waals surface area contributed by atoms with Gasteiger partial charge in [0.05, 0.1) is 25.7 Å². The SMILES string of the molecule is COc1c(C)c(C)cc(C)c1C1(CC(C)=O)COC1. The van der Waals surface area contributed by atoms with Crippen LogP contribution in [0.15, 0.2) is 6.07 Å². The van der Waals surface area contributed by atoms with E-state index in [1.54, 1.807) is 14.0 Å². The molecule has 1 aromatic rings. The molecule has 3 nitrogen and oxygen atoms in total. The van der Waals surface area contributed by atoms with Gasteiger partial charge in [-0.1, -0.05) is 6.07 Å². The quantitative estimate of drug-likeness (QED) is 0.837. The summed E-state index contributed by atoms with van der Waals surface area (Å²) in [5, 5.41) is 0. The van der Waals surface area contributed by atoms with Crippen LogP contribution >= 0.6 is 0 Å². The molecule has 0 spiro atoms. The number of aryl methyl sites for hydroxylation is 2. The highest BCUT2D eigenvalue weighted by Gasteiger charge is 2.44. The molecule has 0 aromatic heterocycles. The van der Waals surface area contributed by atoms with Crippen LogP contribution < -0.4 is 4.74 Å². The Kier molecular flexibility index (Phi) is 3.68. The van der Waals surface area contributed by atoms with Crippen molar-refractivity contribution in [2.45, 2.75) is 39.5 Å². The van der Waals surface area contributed by atoms with Gasteiger partial charge in [-0.25, -0.2) is 0 Å². The van der Waals surface area contributed by atoms with Gasteiger partial charge >= 0.3 is 0 Å². The fourth-order valence-electron chi connectivity index (χ4n) is 3.12. The zero-order chi connectivity index (χ0) is 14.2. The molecule has 0 aliphatic carbocycles. The monoisotopic (exact) mass is 262 g/mol. The van der Waals surface area contributed by atoms with Crippen LogP contribution in [0.3, 0.4) is 0 Å². The molecule has 3 heteroatoms. The molecule has 1 heterocycles. The zero-order valence-electron chi connectivity index (χ0n) is 12.4. The predicted octanol–water partition coefficient (Wildman–Crippen LogP) is 2.87. The van der Waals surface area contributed by atoms with E-state index < -0.39 is 0 Å². The number of ether oxygens (including phenoxy) is 2. The second-order valence-electron chi connectivity index (χ2n) is 5.70. The Balaban J connectivity index is 2.60. The molecule has 1 saturated heterocycles. The van der Waals surface area contributed by atoms with Crippen LogP contribution in [0.4, 0.5) is 0 Å². The molecule has 2 rings (SSSR count). The van der Waals surface area contributed by atoms with Gasteiger partial charge in [0.15, 0.2) is 0 Å². The Hall–Kier alpha value is -1.35. The van der Waals surface area contributed by atoms with E-state index in [1.165, 1.54) is 11.1 Å². The molecule has 1 aliphatic rings. The summed E-state index contributed by atoms with van der Waals surface area (Å²) >= 11 is 0. The Morgan fingerprint density at radius 2 is 1.95 bits per heavy atom. The lowest BCUT2D eigenvalue weighted by Gasteiger charge is -2.43. The van der Waals surface area contributed by atoms with Crippen LogP contribution in [0.5, 0.6) is 5.75 Å². The molecule has 1 fully saturated rings. The van der Waals surface area contributed by atoms with Crippen molar-refractivity contribution in [1.82, 2.24) is 0 Å². The van der Waals surface area contributed by atoms with Crippen LogP contribution in [-0.2, 0) is 14.9 Å². The van der Waals surface area contributed by atoms with Gasteiger partial charge in [0, 0.05) is 12.0 Å². The minimum atomic E-state index is -0.195. The summed E-state index contributed by atoms with van der Waals surface area (Å²) in [7, 11) is 1.70. The van der Waals surface area contributed by atoms with Crippen molar-refractivity contribution in [2.75, 3.05) is 20.3 Å². The number of hydrogen-bond donors (Lipinski definition) is 0. The summed E-state index contributed by atoms with van der Waals surface area (Å²) in [5.41, 5.74) is 4.51. The van der Waals surface area contributed by atoms with E-state index in [0.29, 0.717) is 19.6 Å². The highest BCUT2D eigenvalue weighted by molar-refractivity contribution is 5.78. The Labute approximate surface area is 114 Å². The van der Waals surface area contributed by atoms with Gasteiger partial charge in [-0.15, -0.1) is 0 Å². The highest BCUT2D eigenvalue weighted by atomic mass is 16.5. The van der Waals surface area contributed by atoms with E-state index >= 15 is 0 Å². The first kappa shape index (κ1) is 14.1. The molecule has 0 amide bonds. The van der Waals surface area contributed by atoms with Crippen molar-refractivity contribution < 1.29 is 14.3 Å². The standard InChI is InChI=1S/C16H22O3/c1-10-6-11(2)14(15(18-5)13(10)4)16(7-12(3)17)8-19-9-16/h6H,7-9H2,1-5H3. The Bertz CT molecular complexity index is 513. The summed E-state index contributed by atoms with van der Waals surface area (Å²) in [6.45, 7) is 9.09. The number of carbonyl (C=O) groups is 1. The van der Waals surface area contributed by atoms with Crippen molar-refractivity contribution in [3.63, 3.8) is 0 Å². The second-order valence-corrected chi connectivity index (χ2v) is 5.70. The maximum absolute atomic E-state index is 11.6. The maximum Gasteiger partial charge on any atom is 0.130 e. The first-order chi connectivity index (χ1) is 8.91. The molecule has 0 atom stereocenters. The molecule has 1 aliphatic heterocycles. The van der Waals surface area contributed by atoms with E-state index in [-0.39, 0.29) is 11.2 Å². The minimum absolute atomic E-state index is 0.195. The van der Waals surface area contributed by atoms with E-state index in [1.807, 2.05) is 0 Å². The van der Waals surface area contributed by atoms with Crippen LogP contribution in [0.2, 0.25) is 0 Å². The summed E-state index contributed by atoms with van der Waals surface area (Å²) in [6.07, 6.45) is 0.521. The molecule has 0 N–H and O–H groups in total.